The summed E-state index contributed by atoms with van der Waals surface area (Å²) in [6.07, 6.45) is 9.39. The predicted octanol–water partition coefficient (Wildman–Crippen LogP) is 3.31. The fraction of sp³-hybridized carbons (Fsp3) is 0.538. The van der Waals surface area contributed by atoms with E-state index in [2.05, 4.69) is 37.0 Å². The molecule has 1 saturated heterocycles. The second-order valence-electron chi connectivity index (χ2n) is 3.21. The summed E-state index contributed by atoms with van der Waals surface area (Å²) in [5.74, 6) is 0.840. The van der Waals surface area contributed by atoms with Crippen molar-refractivity contribution >= 4 is 0 Å². The molecule has 0 bridgehead atoms. The van der Waals surface area contributed by atoms with E-state index in [-0.39, 0.29) is 0 Å². The number of rotatable bonds is 4. The van der Waals surface area contributed by atoms with Crippen LogP contribution >= 0.6 is 0 Å². The molecule has 0 saturated carbocycles. The highest BCUT2D eigenvalue weighted by Gasteiger charge is 2.16. The van der Waals surface area contributed by atoms with Gasteiger partial charge in [-0.2, -0.15) is 0 Å². The Balaban J connectivity index is 0.000000791. The summed E-state index contributed by atoms with van der Waals surface area (Å²) >= 11 is 0. The third-order valence-corrected chi connectivity index (χ3v) is 2.10. The SMILES string of the molecule is C=C/C=C(\C=C/C)CC1CNC1.CC. The summed E-state index contributed by atoms with van der Waals surface area (Å²) < 4.78 is 0. The van der Waals surface area contributed by atoms with Crippen molar-refractivity contribution in [2.24, 2.45) is 5.92 Å². The van der Waals surface area contributed by atoms with Gasteiger partial charge in [-0.1, -0.05) is 44.7 Å². The minimum Gasteiger partial charge on any atom is -0.316 e. The second kappa shape index (κ2) is 8.76. The summed E-state index contributed by atoms with van der Waals surface area (Å²) in [7, 11) is 0. The topological polar surface area (TPSA) is 12.0 Å². The van der Waals surface area contributed by atoms with Gasteiger partial charge in [0.2, 0.25) is 0 Å². The van der Waals surface area contributed by atoms with Crippen LogP contribution in [-0.4, -0.2) is 13.1 Å². The van der Waals surface area contributed by atoms with E-state index < -0.39 is 0 Å². The van der Waals surface area contributed by atoms with E-state index in [1.165, 1.54) is 25.1 Å². The van der Waals surface area contributed by atoms with Crippen LogP contribution in [0.1, 0.15) is 27.2 Å². The molecule has 1 heteroatoms. The van der Waals surface area contributed by atoms with Crippen LogP contribution in [0.3, 0.4) is 0 Å². The number of hydrogen-bond donors (Lipinski definition) is 1. The molecule has 1 heterocycles. The van der Waals surface area contributed by atoms with E-state index in [4.69, 9.17) is 0 Å². The minimum absolute atomic E-state index is 0.840. The highest BCUT2D eigenvalue weighted by Crippen LogP contribution is 2.16. The first-order valence-electron chi connectivity index (χ1n) is 5.52. The molecule has 0 radical (unpaired) electrons. The van der Waals surface area contributed by atoms with Crippen LogP contribution in [0, 0.1) is 5.92 Å². The molecule has 0 atom stereocenters. The highest BCUT2D eigenvalue weighted by molar-refractivity contribution is 5.23. The number of nitrogens with one attached hydrogen (secondary N) is 1. The lowest BCUT2D eigenvalue weighted by Gasteiger charge is -2.27. The van der Waals surface area contributed by atoms with Crippen molar-refractivity contribution in [1.82, 2.24) is 5.32 Å². The van der Waals surface area contributed by atoms with Crippen LogP contribution in [0.15, 0.2) is 36.5 Å². The van der Waals surface area contributed by atoms with Gasteiger partial charge in [0.15, 0.2) is 0 Å². The van der Waals surface area contributed by atoms with E-state index in [0.29, 0.717) is 0 Å². The summed E-state index contributed by atoms with van der Waals surface area (Å²) in [6, 6.07) is 0. The Labute approximate surface area is 88.6 Å². The molecule has 14 heavy (non-hydrogen) atoms. The van der Waals surface area contributed by atoms with Gasteiger partial charge in [0.25, 0.3) is 0 Å². The largest absolute Gasteiger partial charge is 0.316 e. The maximum absolute atomic E-state index is 3.71. The third kappa shape index (κ3) is 5.03. The van der Waals surface area contributed by atoms with Gasteiger partial charge in [0, 0.05) is 0 Å². The Bertz CT molecular complexity index is 197. The van der Waals surface area contributed by atoms with E-state index in [0.717, 1.165) is 5.92 Å². The quantitative estimate of drug-likeness (QED) is 0.675. The lowest BCUT2D eigenvalue weighted by molar-refractivity contribution is 0.348. The lowest BCUT2D eigenvalue weighted by atomic mass is 9.94. The van der Waals surface area contributed by atoms with E-state index in [1.54, 1.807) is 0 Å². The van der Waals surface area contributed by atoms with Crippen LogP contribution in [-0.2, 0) is 0 Å². The molecule has 0 amide bonds. The molecule has 1 fully saturated rings. The van der Waals surface area contributed by atoms with Crippen molar-refractivity contribution in [3.8, 4) is 0 Å². The highest BCUT2D eigenvalue weighted by atomic mass is 14.9. The maximum Gasteiger partial charge on any atom is -0.000506 e. The summed E-state index contributed by atoms with van der Waals surface area (Å²) in [6.45, 7) is 12.1. The average Bonchev–Trinajstić information content (AvgIpc) is 2.15. The first-order valence-corrected chi connectivity index (χ1v) is 5.52. The van der Waals surface area contributed by atoms with E-state index >= 15 is 0 Å². The van der Waals surface area contributed by atoms with Crippen molar-refractivity contribution in [2.45, 2.75) is 27.2 Å². The molecule has 0 aromatic carbocycles. The Morgan fingerprint density at radius 1 is 1.43 bits per heavy atom. The Morgan fingerprint density at radius 2 is 2.07 bits per heavy atom. The number of allylic oxidation sites excluding steroid dienone is 5. The van der Waals surface area contributed by atoms with Gasteiger partial charge in [-0.05, 0) is 37.9 Å². The lowest BCUT2D eigenvalue weighted by Crippen LogP contribution is -2.41. The maximum atomic E-state index is 3.71. The molecule has 1 aliphatic heterocycles. The fourth-order valence-electron chi connectivity index (χ4n) is 1.38. The van der Waals surface area contributed by atoms with Gasteiger partial charge < -0.3 is 5.32 Å². The molecule has 0 unspecified atom stereocenters. The summed E-state index contributed by atoms with van der Waals surface area (Å²) in [4.78, 5) is 0. The van der Waals surface area contributed by atoms with Crippen LogP contribution in [0.25, 0.3) is 0 Å². The molecule has 1 nitrogen and oxygen atoms in total. The molecule has 0 aromatic heterocycles. The first-order chi connectivity index (χ1) is 6.86. The molecule has 0 aliphatic carbocycles. The second-order valence-corrected chi connectivity index (χ2v) is 3.21. The zero-order chi connectivity index (χ0) is 10.8. The van der Waals surface area contributed by atoms with Crippen molar-refractivity contribution in [3.63, 3.8) is 0 Å². The van der Waals surface area contributed by atoms with E-state index in [9.17, 15) is 0 Å². The normalized spacial score (nSPS) is 17.2. The Morgan fingerprint density at radius 3 is 2.43 bits per heavy atom. The van der Waals surface area contributed by atoms with Gasteiger partial charge in [-0.3, -0.25) is 0 Å². The van der Waals surface area contributed by atoms with Crippen LogP contribution in [0.5, 0.6) is 0 Å². The minimum atomic E-state index is 0.840. The number of hydrogen-bond acceptors (Lipinski definition) is 1. The van der Waals surface area contributed by atoms with Crippen molar-refractivity contribution < 1.29 is 0 Å². The molecular weight excluding hydrogens is 170 g/mol. The third-order valence-electron chi connectivity index (χ3n) is 2.10. The molecular formula is C13H23N. The Hall–Kier alpha value is -0.820. The van der Waals surface area contributed by atoms with Crippen molar-refractivity contribution in [3.05, 3.63) is 36.5 Å². The van der Waals surface area contributed by atoms with Gasteiger partial charge in [-0.25, -0.2) is 0 Å². The van der Waals surface area contributed by atoms with Gasteiger partial charge >= 0.3 is 0 Å². The molecule has 1 aliphatic rings. The molecule has 80 valence electrons. The van der Waals surface area contributed by atoms with Crippen LogP contribution in [0.2, 0.25) is 0 Å². The average molecular weight is 193 g/mol. The van der Waals surface area contributed by atoms with Gasteiger partial charge in [0.1, 0.15) is 0 Å². The molecule has 1 rings (SSSR count). The summed E-state index contributed by atoms with van der Waals surface area (Å²) in [5.41, 5.74) is 1.39. The molecule has 1 N–H and O–H groups in total. The van der Waals surface area contributed by atoms with Crippen LogP contribution in [0.4, 0.5) is 0 Å². The Kier molecular flexibility index (Phi) is 8.25. The standard InChI is InChI=1S/C11H17N.C2H6/c1-3-5-10(6-4-2)7-11-8-12-9-11;1-2/h3-6,11-12H,1,7-9H2,2H3;1-2H3/b6-4-,10-5+;. The smallest absolute Gasteiger partial charge is 0.000506 e. The zero-order valence-corrected chi connectivity index (χ0v) is 9.72. The van der Waals surface area contributed by atoms with Crippen LogP contribution < -0.4 is 5.32 Å². The van der Waals surface area contributed by atoms with Crippen molar-refractivity contribution in [1.29, 1.82) is 0 Å². The zero-order valence-electron chi connectivity index (χ0n) is 9.72. The predicted molar refractivity (Wildman–Crippen MR) is 65.4 cm³/mol. The molecule has 0 aromatic rings. The fourth-order valence-corrected chi connectivity index (χ4v) is 1.38. The summed E-state index contributed by atoms with van der Waals surface area (Å²) in [5, 5.41) is 3.27. The van der Waals surface area contributed by atoms with Gasteiger partial charge in [0.05, 0.1) is 0 Å². The van der Waals surface area contributed by atoms with Gasteiger partial charge in [-0.15, -0.1) is 0 Å². The van der Waals surface area contributed by atoms with E-state index in [1.807, 2.05) is 19.9 Å². The molecule has 0 spiro atoms. The monoisotopic (exact) mass is 193 g/mol. The first kappa shape index (κ1) is 13.2. The van der Waals surface area contributed by atoms with Crippen molar-refractivity contribution in [2.75, 3.05) is 13.1 Å².